The van der Waals surface area contributed by atoms with Crippen LogP contribution in [0.3, 0.4) is 0 Å². The molecule has 5 nitrogen and oxygen atoms in total. The van der Waals surface area contributed by atoms with E-state index in [4.69, 9.17) is 9.47 Å². The average Bonchev–Trinajstić information content (AvgIpc) is 2.42. The first-order valence-corrected chi connectivity index (χ1v) is 6.95. The number of likely N-dealkylation sites (N-methyl/N-ethyl adjacent to an activating group) is 1. The molecule has 1 heterocycles. The molecular weight excluding hydrogens is 232 g/mol. The Balaban J connectivity index is 2.07. The van der Waals surface area contributed by atoms with Gasteiger partial charge < -0.3 is 20.1 Å². The van der Waals surface area contributed by atoms with Crippen LogP contribution < -0.4 is 10.6 Å². The van der Waals surface area contributed by atoms with Crippen LogP contribution in [0.4, 0.5) is 0 Å². The van der Waals surface area contributed by atoms with Crippen molar-refractivity contribution in [1.82, 2.24) is 10.6 Å². The number of amides is 1. The fourth-order valence-electron chi connectivity index (χ4n) is 1.86. The normalized spacial score (nSPS) is 21.6. The van der Waals surface area contributed by atoms with Crippen molar-refractivity contribution >= 4 is 5.91 Å². The van der Waals surface area contributed by atoms with Gasteiger partial charge in [0.05, 0.1) is 12.7 Å². The van der Waals surface area contributed by atoms with Gasteiger partial charge in [-0.15, -0.1) is 0 Å². The maximum absolute atomic E-state index is 11.7. The van der Waals surface area contributed by atoms with Gasteiger partial charge in [0.2, 0.25) is 5.91 Å². The van der Waals surface area contributed by atoms with E-state index in [1.165, 1.54) is 6.42 Å². The quantitative estimate of drug-likeness (QED) is 0.629. The van der Waals surface area contributed by atoms with Crippen LogP contribution >= 0.6 is 0 Å². The third kappa shape index (κ3) is 6.33. The summed E-state index contributed by atoms with van der Waals surface area (Å²) in [5.74, 6) is -0.0521. The van der Waals surface area contributed by atoms with E-state index in [9.17, 15) is 4.79 Å². The number of ether oxygens (including phenoxy) is 2. The Bertz CT molecular complexity index is 230. The molecule has 1 saturated heterocycles. The molecule has 0 aromatic heterocycles. The second kappa shape index (κ2) is 9.30. The summed E-state index contributed by atoms with van der Waals surface area (Å²) in [7, 11) is 0. The topological polar surface area (TPSA) is 59.6 Å². The van der Waals surface area contributed by atoms with Gasteiger partial charge in [0, 0.05) is 19.7 Å². The molecule has 2 atom stereocenters. The molecule has 0 spiro atoms. The zero-order valence-electron chi connectivity index (χ0n) is 11.5. The molecule has 1 aliphatic heterocycles. The summed E-state index contributed by atoms with van der Waals surface area (Å²) in [6.45, 7) is 7.50. The molecule has 5 heteroatoms. The van der Waals surface area contributed by atoms with Crippen LogP contribution in [0.2, 0.25) is 0 Å². The summed E-state index contributed by atoms with van der Waals surface area (Å²) in [6.07, 6.45) is 3.12. The highest BCUT2D eigenvalue weighted by atomic mass is 16.5. The third-order valence-electron chi connectivity index (χ3n) is 3.03. The second-order valence-corrected chi connectivity index (χ2v) is 4.61. The molecule has 0 saturated carbocycles. The SMILES string of the molecule is CCNCCNC(=O)C(C)OCC1CCCCO1. The molecule has 0 aromatic rings. The van der Waals surface area contributed by atoms with Crippen LogP contribution in [-0.4, -0.2) is 51.0 Å². The van der Waals surface area contributed by atoms with Gasteiger partial charge >= 0.3 is 0 Å². The molecule has 1 rings (SSSR count). The zero-order valence-corrected chi connectivity index (χ0v) is 11.5. The molecular formula is C13H26N2O3. The Labute approximate surface area is 110 Å². The Morgan fingerprint density at radius 1 is 1.44 bits per heavy atom. The molecule has 18 heavy (non-hydrogen) atoms. The molecule has 2 N–H and O–H groups in total. The van der Waals surface area contributed by atoms with E-state index in [0.29, 0.717) is 13.2 Å². The van der Waals surface area contributed by atoms with Crippen molar-refractivity contribution in [2.75, 3.05) is 32.8 Å². The first-order valence-electron chi connectivity index (χ1n) is 6.95. The summed E-state index contributed by atoms with van der Waals surface area (Å²) >= 11 is 0. The molecule has 0 bridgehead atoms. The highest BCUT2D eigenvalue weighted by Gasteiger charge is 2.18. The minimum atomic E-state index is -0.405. The van der Waals surface area contributed by atoms with Crippen molar-refractivity contribution in [3.63, 3.8) is 0 Å². The van der Waals surface area contributed by atoms with Crippen LogP contribution in [0.15, 0.2) is 0 Å². The number of rotatable bonds is 8. The lowest BCUT2D eigenvalue weighted by Crippen LogP contribution is -2.39. The minimum absolute atomic E-state index is 0.0521. The fourth-order valence-corrected chi connectivity index (χ4v) is 1.86. The van der Waals surface area contributed by atoms with E-state index in [1.807, 2.05) is 6.92 Å². The Morgan fingerprint density at radius 3 is 2.94 bits per heavy atom. The van der Waals surface area contributed by atoms with Gasteiger partial charge in [0.25, 0.3) is 0 Å². The predicted molar refractivity (Wildman–Crippen MR) is 70.6 cm³/mol. The molecule has 1 fully saturated rings. The largest absolute Gasteiger partial charge is 0.376 e. The van der Waals surface area contributed by atoms with Gasteiger partial charge in [-0.1, -0.05) is 6.92 Å². The number of hydrogen-bond acceptors (Lipinski definition) is 4. The van der Waals surface area contributed by atoms with Crippen molar-refractivity contribution in [2.24, 2.45) is 0 Å². The average molecular weight is 258 g/mol. The van der Waals surface area contributed by atoms with Gasteiger partial charge in [-0.25, -0.2) is 0 Å². The van der Waals surface area contributed by atoms with Crippen LogP contribution in [0, 0.1) is 0 Å². The fraction of sp³-hybridized carbons (Fsp3) is 0.923. The Kier molecular flexibility index (Phi) is 7.96. The lowest BCUT2D eigenvalue weighted by atomic mass is 10.1. The maximum Gasteiger partial charge on any atom is 0.248 e. The molecule has 1 aliphatic rings. The molecule has 106 valence electrons. The Morgan fingerprint density at radius 2 is 2.28 bits per heavy atom. The number of hydrogen-bond donors (Lipinski definition) is 2. The van der Waals surface area contributed by atoms with Crippen LogP contribution in [0.1, 0.15) is 33.1 Å². The smallest absolute Gasteiger partial charge is 0.248 e. The lowest BCUT2D eigenvalue weighted by molar-refractivity contribution is -0.135. The first kappa shape index (κ1) is 15.4. The number of carbonyl (C=O) groups is 1. The summed E-state index contributed by atoms with van der Waals surface area (Å²) in [5.41, 5.74) is 0. The van der Waals surface area contributed by atoms with Crippen LogP contribution in [0.25, 0.3) is 0 Å². The Hall–Kier alpha value is -0.650. The van der Waals surface area contributed by atoms with Crippen molar-refractivity contribution in [1.29, 1.82) is 0 Å². The lowest BCUT2D eigenvalue weighted by Gasteiger charge is -2.23. The molecule has 1 amide bonds. The van der Waals surface area contributed by atoms with E-state index >= 15 is 0 Å². The highest BCUT2D eigenvalue weighted by Crippen LogP contribution is 2.13. The molecule has 0 aliphatic carbocycles. The maximum atomic E-state index is 11.7. The summed E-state index contributed by atoms with van der Waals surface area (Å²) in [5, 5.41) is 5.99. The van der Waals surface area contributed by atoms with Gasteiger partial charge in [0.15, 0.2) is 0 Å². The second-order valence-electron chi connectivity index (χ2n) is 4.61. The molecule has 0 radical (unpaired) electrons. The van der Waals surface area contributed by atoms with Crippen LogP contribution in [0.5, 0.6) is 0 Å². The van der Waals surface area contributed by atoms with E-state index in [-0.39, 0.29) is 12.0 Å². The van der Waals surface area contributed by atoms with Crippen LogP contribution in [-0.2, 0) is 14.3 Å². The highest BCUT2D eigenvalue weighted by molar-refractivity contribution is 5.80. The van der Waals surface area contributed by atoms with Crippen molar-refractivity contribution < 1.29 is 14.3 Å². The molecule has 2 unspecified atom stereocenters. The number of carbonyl (C=O) groups excluding carboxylic acids is 1. The zero-order chi connectivity index (χ0) is 13.2. The van der Waals surface area contributed by atoms with Gasteiger partial charge in [-0.05, 0) is 32.7 Å². The molecule has 0 aromatic carbocycles. The van der Waals surface area contributed by atoms with E-state index in [1.54, 1.807) is 6.92 Å². The number of nitrogens with one attached hydrogen (secondary N) is 2. The first-order chi connectivity index (χ1) is 8.74. The summed E-state index contributed by atoms with van der Waals surface area (Å²) < 4.78 is 11.1. The summed E-state index contributed by atoms with van der Waals surface area (Å²) in [4.78, 5) is 11.7. The van der Waals surface area contributed by atoms with Crippen molar-refractivity contribution in [3.8, 4) is 0 Å². The van der Waals surface area contributed by atoms with Gasteiger partial charge in [-0.3, -0.25) is 4.79 Å². The standard InChI is InChI=1S/C13H26N2O3/c1-3-14-7-8-15-13(16)11(2)18-10-12-6-4-5-9-17-12/h11-12,14H,3-10H2,1-2H3,(H,15,16). The van der Waals surface area contributed by atoms with Crippen molar-refractivity contribution in [3.05, 3.63) is 0 Å². The van der Waals surface area contributed by atoms with E-state index < -0.39 is 6.10 Å². The van der Waals surface area contributed by atoms with Gasteiger partial charge in [-0.2, -0.15) is 0 Å². The van der Waals surface area contributed by atoms with E-state index in [0.717, 1.165) is 32.5 Å². The monoisotopic (exact) mass is 258 g/mol. The third-order valence-corrected chi connectivity index (χ3v) is 3.03. The van der Waals surface area contributed by atoms with Crippen molar-refractivity contribution in [2.45, 2.75) is 45.3 Å². The minimum Gasteiger partial charge on any atom is -0.376 e. The van der Waals surface area contributed by atoms with Gasteiger partial charge in [0.1, 0.15) is 6.10 Å². The predicted octanol–water partition coefficient (Wildman–Crippen LogP) is 0.686. The van der Waals surface area contributed by atoms with E-state index in [2.05, 4.69) is 10.6 Å². The summed E-state index contributed by atoms with van der Waals surface area (Å²) in [6, 6.07) is 0.